The fraction of sp³-hybridized carbons (Fsp3) is 0.267. The van der Waals surface area contributed by atoms with Crippen molar-refractivity contribution < 1.29 is 13.9 Å². The number of hydrogen-bond donors (Lipinski definition) is 0. The lowest BCUT2D eigenvalue weighted by molar-refractivity contribution is 0.0336. The van der Waals surface area contributed by atoms with E-state index in [1.165, 1.54) is 0 Å². The average molecular weight is 244 g/mol. The summed E-state index contributed by atoms with van der Waals surface area (Å²) in [4.78, 5) is 12.0. The summed E-state index contributed by atoms with van der Waals surface area (Å²) in [7, 11) is 0. The first kappa shape index (κ1) is 12.4. The van der Waals surface area contributed by atoms with Crippen LogP contribution in [0.1, 0.15) is 40.5 Å². The molecule has 94 valence electrons. The fourth-order valence-corrected chi connectivity index (χ4v) is 1.85. The van der Waals surface area contributed by atoms with E-state index in [1.807, 2.05) is 44.2 Å². The Balaban J connectivity index is 2.10. The molecule has 1 unspecified atom stereocenters. The third kappa shape index (κ3) is 2.62. The van der Waals surface area contributed by atoms with Crippen molar-refractivity contribution in [3.63, 3.8) is 0 Å². The first-order valence-electron chi connectivity index (χ1n) is 5.91. The van der Waals surface area contributed by atoms with Crippen LogP contribution in [0.5, 0.6) is 0 Å². The van der Waals surface area contributed by atoms with Crippen LogP contribution in [0.2, 0.25) is 0 Å². The topological polar surface area (TPSA) is 39.4 Å². The SMILES string of the molecule is Cc1cc(C(=O)OC(C)c2ccccc2)c(C)o1. The van der Waals surface area contributed by atoms with E-state index < -0.39 is 0 Å². The van der Waals surface area contributed by atoms with E-state index in [9.17, 15) is 4.79 Å². The van der Waals surface area contributed by atoms with Crippen LogP contribution in [0.15, 0.2) is 40.8 Å². The molecule has 0 radical (unpaired) electrons. The van der Waals surface area contributed by atoms with Crippen LogP contribution >= 0.6 is 0 Å². The van der Waals surface area contributed by atoms with E-state index in [1.54, 1.807) is 13.0 Å². The Morgan fingerprint density at radius 1 is 1.22 bits per heavy atom. The molecule has 0 N–H and O–H groups in total. The molecule has 1 aromatic carbocycles. The summed E-state index contributed by atoms with van der Waals surface area (Å²) in [6.45, 7) is 5.43. The summed E-state index contributed by atoms with van der Waals surface area (Å²) >= 11 is 0. The van der Waals surface area contributed by atoms with Gasteiger partial charge < -0.3 is 9.15 Å². The van der Waals surface area contributed by atoms with Crippen LogP contribution in [0.3, 0.4) is 0 Å². The minimum atomic E-state index is -0.347. The van der Waals surface area contributed by atoms with Crippen molar-refractivity contribution >= 4 is 5.97 Å². The van der Waals surface area contributed by atoms with Gasteiger partial charge in [0.15, 0.2) is 0 Å². The van der Waals surface area contributed by atoms with Crippen molar-refractivity contribution in [2.24, 2.45) is 0 Å². The van der Waals surface area contributed by atoms with Crippen LogP contribution in [0.25, 0.3) is 0 Å². The Labute approximate surface area is 106 Å². The van der Waals surface area contributed by atoms with Gasteiger partial charge in [0.1, 0.15) is 23.2 Å². The Hall–Kier alpha value is -2.03. The van der Waals surface area contributed by atoms with Crippen molar-refractivity contribution in [1.29, 1.82) is 0 Å². The predicted octanol–water partition coefficient (Wildman–Crippen LogP) is 3.81. The van der Waals surface area contributed by atoms with Gasteiger partial charge in [-0.05, 0) is 32.4 Å². The van der Waals surface area contributed by atoms with Crippen LogP contribution in [0, 0.1) is 13.8 Å². The van der Waals surface area contributed by atoms with E-state index in [4.69, 9.17) is 9.15 Å². The van der Waals surface area contributed by atoms with Crippen molar-refractivity contribution in [3.05, 3.63) is 59.0 Å². The maximum absolute atomic E-state index is 12.0. The van der Waals surface area contributed by atoms with Crippen LogP contribution in [-0.4, -0.2) is 5.97 Å². The quantitative estimate of drug-likeness (QED) is 0.770. The first-order chi connectivity index (χ1) is 8.58. The van der Waals surface area contributed by atoms with Crippen LogP contribution in [-0.2, 0) is 4.74 Å². The minimum absolute atomic E-state index is 0.270. The minimum Gasteiger partial charge on any atom is -0.466 e. The van der Waals surface area contributed by atoms with Crippen molar-refractivity contribution in [3.8, 4) is 0 Å². The molecule has 1 atom stereocenters. The molecule has 0 saturated heterocycles. The molecule has 18 heavy (non-hydrogen) atoms. The van der Waals surface area contributed by atoms with E-state index in [2.05, 4.69) is 0 Å². The van der Waals surface area contributed by atoms with Crippen molar-refractivity contribution in [1.82, 2.24) is 0 Å². The van der Waals surface area contributed by atoms with Crippen molar-refractivity contribution in [2.75, 3.05) is 0 Å². The molecule has 3 heteroatoms. The lowest BCUT2D eigenvalue weighted by atomic mass is 10.1. The predicted molar refractivity (Wildman–Crippen MR) is 68.5 cm³/mol. The van der Waals surface area contributed by atoms with E-state index in [0.717, 1.165) is 5.56 Å². The zero-order valence-corrected chi connectivity index (χ0v) is 10.8. The summed E-state index contributed by atoms with van der Waals surface area (Å²) in [5, 5.41) is 0. The lowest BCUT2D eigenvalue weighted by Gasteiger charge is -2.12. The van der Waals surface area contributed by atoms with Gasteiger partial charge >= 0.3 is 5.97 Å². The Kier molecular flexibility index (Phi) is 3.51. The Morgan fingerprint density at radius 2 is 1.89 bits per heavy atom. The Bertz CT molecular complexity index is 540. The summed E-state index contributed by atoms with van der Waals surface area (Å²) < 4.78 is 10.7. The number of hydrogen-bond acceptors (Lipinski definition) is 3. The third-order valence-corrected chi connectivity index (χ3v) is 2.81. The number of carbonyl (C=O) groups excluding carboxylic acids is 1. The molecule has 0 fully saturated rings. The first-order valence-corrected chi connectivity index (χ1v) is 5.91. The highest BCUT2D eigenvalue weighted by atomic mass is 16.5. The summed E-state index contributed by atoms with van der Waals surface area (Å²) in [5.41, 5.74) is 1.47. The smallest absolute Gasteiger partial charge is 0.342 e. The monoisotopic (exact) mass is 244 g/mol. The largest absolute Gasteiger partial charge is 0.466 e. The maximum Gasteiger partial charge on any atom is 0.342 e. The molecule has 1 heterocycles. The molecular weight excluding hydrogens is 228 g/mol. The van der Waals surface area contributed by atoms with E-state index >= 15 is 0 Å². The molecule has 0 aliphatic heterocycles. The highest BCUT2D eigenvalue weighted by molar-refractivity contribution is 5.90. The molecule has 0 bridgehead atoms. The van der Waals surface area contributed by atoms with Gasteiger partial charge in [0.2, 0.25) is 0 Å². The number of ether oxygens (including phenoxy) is 1. The second-order valence-corrected chi connectivity index (χ2v) is 4.29. The average Bonchev–Trinajstić information content (AvgIpc) is 2.69. The van der Waals surface area contributed by atoms with Gasteiger partial charge in [0.05, 0.1) is 0 Å². The number of furan rings is 1. The molecule has 0 spiro atoms. The summed E-state index contributed by atoms with van der Waals surface area (Å²) in [6, 6.07) is 11.4. The molecule has 1 aromatic heterocycles. The van der Waals surface area contributed by atoms with Gasteiger partial charge in [-0.3, -0.25) is 0 Å². The number of benzene rings is 1. The number of carbonyl (C=O) groups is 1. The lowest BCUT2D eigenvalue weighted by Crippen LogP contribution is -2.09. The van der Waals surface area contributed by atoms with E-state index in [-0.39, 0.29) is 12.1 Å². The standard InChI is InChI=1S/C15H16O3/c1-10-9-14(12(3)17-10)15(16)18-11(2)13-7-5-4-6-8-13/h4-9,11H,1-3H3. The number of aryl methyl sites for hydroxylation is 2. The molecule has 0 aliphatic carbocycles. The van der Waals surface area contributed by atoms with Gasteiger partial charge in [-0.25, -0.2) is 4.79 Å². The molecule has 2 aromatic rings. The van der Waals surface area contributed by atoms with Gasteiger partial charge in [-0.1, -0.05) is 30.3 Å². The second-order valence-electron chi connectivity index (χ2n) is 4.29. The summed E-state index contributed by atoms with van der Waals surface area (Å²) in [5.74, 6) is 0.963. The second kappa shape index (κ2) is 5.08. The normalized spacial score (nSPS) is 12.2. The third-order valence-electron chi connectivity index (χ3n) is 2.81. The zero-order chi connectivity index (χ0) is 13.1. The fourth-order valence-electron chi connectivity index (χ4n) is 1.85. The van der Waals surface area contributed by atoms with Gasteiger partial charge in [0, 0.05) is 0 Å². The molecule has 0 saturated carbocycles. The van der Waals surface area contributed by atoms with Gasteiger partial charge in [-0.15, -0.1) is 0 Å². The number of rotatable bonds is 3. The molecule has 0 aliphatic rings. The van der Waals surface area contributed by atoms with Gasteiger partial charge in [0.25, 0.3) is 0 Å². The van der Waals surface area contributed by atoms with Gasteiger partial charge in [-0.2, -0.15) is 0 Å². The summed E-state index contributed by atoms with van der Waals surface area (Å²) in [6.07, 6.45) is -0.270. The zero-order valence-electron chi connectivity index (χ0n) is 10.8. The van der Waals surface area contributed by atoms with Crippen molar-refractivity contribution in [2.45, 2.75) is 26.9 Å². The maximum atomic E-state index is 12.0. The van der Waals surface area contributed by atoms with Crippen LogP contribution < -0.4 is 0 Å². The highest BCUT2D eigenvalue weighted by Gasteiger charge is 2.18. The molecule has 0 amide bonds. The molecular formula is C15H16O3. The van der Waals surface area contributed by atoms with Crippen LogP contribution in [0.4, 0.5) is 0 Å². The number of esters is 1. The molecule has 2 rings (SSSR count). The highest BCUT2D eigenvalue weighted by Crippen LogP contribution is 2.21. The molecule has 3 nitrogen and oxygen atoms in total. The Morgan fingerprint density at radius 3 is 2.44 bits per heavy atom. The van der Waals surface area contributed by atoms with E-state index in [0.29, 0.717) is 17.1 Å².